The van der Waals surface area contributed by atoms with Crippen molar-refractivity contribution in [3.63, 3.8) is 0 Å². The molecule has 3 saturated heterocycles. The molecule has 2 aromatic carbocycles. The number of ether oxygens (including phenoxy) is 1. The van der Waals surface area contributed by atoms with Crippen molar-refractivity contribution in [3.8, 4) is 41.4 Å². The molecule has 3 unspecified atom stereocenters. The fraction of sp³-hybridized carbons (Fsp3) is 0.394. The molecule has 0 spiro atoms. The van der Waals surface area contributed by atoms with E-state index in [1.165, 1.54) is 32.2 Å². The molecule has 8 nitrogen and oxygen atoms in total. The van der Waals surface area contributed by atoms with Crippen LogP contribution in [0, 0.1) is 35.4 Å². The van der Waals surface area contributed by atoms with E-state index in [2.05, 4.69) is 25.8 Å². The normalized spacial score (nSPS) is 22.8. The third-order valence-electron chi connectivity index (χ3n) is 8.67. The van der Waals surface area contributed by atoms with E-state index in [1.807, 2.05) is 6.07 Å². The third kappa shape index (κ3) is 5.44. The molecule has 226 valence electrons. The Bertz CT molecular complexity index is 1790. The Labute approximate surface area is 253 Å². The minimum absolute atomic E-state index is 0.00765. The van der Waals surface area contributed by atoms with Gasteiger partial charge in [-0.3, -0.25) is 9.88 Å². The van der Waals surface area contributed by atoms with Gasteiger partial charge in [0.05, 0.1) is 25.1 Å². The maximum absolute atomic E-state index is 16.0. The molecule has 0 bridgehead atoms. The van der Waals surface area contributed by atoms with E-state index < -0.39 is 24.1 Å². The van der Waals surface area contributed by atoms with Gasteiger partial charge in [-0.25, -0.2) is 13.2 Å². The van der Waals surface area contributed by atoms with Crippen molar-refractivity contribution in [2.45, 2.75) is 44.1 Å². The molecule has 1 N–H and O–H groups in total. The summed E-state index contributed by atoms with van der Waals surface area (Å²) < 4.78 is 48.4. The van der Waals surface area contributed by atoms with Gasteiger partial charge in [0.15, 0.2) is 5.82 Å². The summed E-state index contributed by atoms with van der Waals surface area (Å²) in [5.41, 5.74) is 0.714. The number of anilines is 1. The average molecular weight is 601 g/mol. The molecule has 2 aromatic heterocycles. The van der Waals surface area contributed by atoms with Crippen LogP contribution in [0.4, 0.5) is 19.0 Å². The maximum atomic E-state index is 16.0. The van der Waals surface area contributed by atoms with Crippen LogP contribution in [0.15, 0.2) is 36.5 Å². The number of halogens is 3. The Kier molecular flexibility index (Phi) is 8.15. The molecular weight excluding hydrogens is 569 g/mol. The number of terminal acetylenes is 1. The molecule has 11 heteroatoms. The number of nitriles is 1. The topological polar surface area (TPSA) is 98.4 Å². The second kappa shape index (κ2) is 12.2. The van der Waals surface area contributed by atoms with Crippen LogP contribution in [0.2, 0.25) is 0 Å². The molecule has 0 aliphatic carbocycles. The Morgan fingerprint density at radius 2 is 2.02 bits per heavy atom. The lowest BCUT2D eigenvalue weighted by Gasteiger charge is -2.20. The number of aromatic hydroxyl groups is 1. The first kappa shape index (κ1) is 29.5. The van der Waals surface area contributed by atoms with Gasteiger partial charge in [-0.15, -0.1) is 6.42 Å². The maximum Gasteiger partial charge on any atom is 0.318 e. The minimum atomic E-state index is -1.22. The number of methoxy groups -OCH3 is 1. The van der Waals surface area contributed by atoms with Crippen LogP contribution in [0.1, 0.15) is 31.2 Å². The monoisotopic (exact) mass is 600 g/mol. The lowest BCUT2D eigenvalue weighted by atomic mass is 9.96. The van der Waals surface area contributed by atoms with Gasteiger partial charge < -0.3 is 14.7 Å². The molecule has 0 saturated carbocycles. The zero-order chi connectivity index (χ0) is 31.0. The van der Waals surface area contributed by atoms with E-state index in [0.717, 1.165) is 13.0 Å². The SMILES string of the molecule is C#Cc1cccc2cc(O)cc(-c3ncc4c(N5CC(F)[C@@H](CC#N)C5)nc(OC)nc4c3F)c12.FC1CC2CCCN2C1. The molecule has 0 radical (unpaired) electrons. The van der Waals surface area contributed by atoms with E-state index in [-0.39, 0.29) is 53.7 Å². The fourth-order valence-electron chi connectivity index (χ4n) is 6.60. The summed E-state index contributed by atoms with van der Waals surface area (Å²) in [6, 6.07) is 10.7. The van der Waals surface area contributed by atoms with E-state index in [0.29, 0.717) is 34.5 Å². The number of hydrogen-bond donors (Lipinski definition) is 1. The van der Waals surface area contributed by atoms with Crippen LogP contribution in [0.3, 0.4) is 0 Å². The van der Waals surface area contributed by atoms with Crippen molar-refractivity contribution in [2.24, 2.45) is 5.92 Å². The van der Waals surface area contributed by atoms with Gasteiger partial charge in [0, 0.05) is 54.2 Å². The number of phenols is 1. The molecule has 0 amide bonds. The lowest BCUT2D eigenvalue weighted by Crippen LogP contribution is -2.22. The number of hydrogen-bond acceptors (Lipinski definition) is 8. The number of rotatable bonds is 4. The Morgan fingerprint density at radius 3 is 2.77 bits per heavy atom. The highest BCUT2D eigenvalue weighted by atomic mass is 19.1. The largest absolute Gasteiger partial charge is 0.508 e. The summed E-state index contributed by atoms with van der Waals surface area (Å²) in [6.07, 6.45) is 8.76. The van der Waals surface area contributed by atoms with Crippen LogP contribution in [-0.2, 0) is 0 Å². The Morgan fingerprint density at radius 1 is 1.18 bits per heavy atom. The molecule has 7 rings (SSSR count). The number of alkyl halides is 2. The molecule has 4 aromatic rings. The number of fused-ring (bicyclic) bond motifs is 3. The highest BCUT2D eigenvalue weighted by molar-refractivity contribution is 6.02. The first-order valence-corrected chi connectivity index (χ1v) is 14.6. The Hall–Kier alpha value is -4.61. The van der Waals surface area contributed by atoms with Gasteiger partial charge in [-0.2, -0.15) is 15.2 Å². The standard InChI is InChI=1S/C26H19F2N5O2.C7H12FN/c1-3-14-5-4-6-15-9-17(34)10-18(21(14)15)23-22(28)24-19(11-30-23)25(32-26(31-24)35-2)33-12-16(7-8-29)20(27)13-33;8-6-4-7-2-1-3-9(7)5-6/h1,4-6,9-11,16,20,34H,7,12-13H2,2H3;6-7H,1-5H2/t16-,20?;/m0./s1. The molecule has 5 heterocycles. The van der Waals surface area contributed by atoms with Gasteiger partial charge in [0.2, 0.25) is 0 Å². The molecule has 3 fully saturated rings. The highest BCUT2D eigenvalue weighted by Gasteiger charge is 2.36. The van der Waals surface area contributed by atoms with Crippen molar-refractivity contribution in [3.05, 3.63) is 47.9 Å². The molecule has 3 aliphatic heterocycles. The minimum Gasteiger partial charge on any atom is -0.508 e. The van der Waals surface area contributed by atoms with Crippen LogP contribution in [0.25, 0.3) is 32.9 Å². The molecular formula is C33H31F3N6O2. The zero-order valence-electron chi connectivity index (χ0n) is 24.2. The summed E-state index contributed by atoms with van der Waals surface area (Å²) in [6.45, 7) is 2.11. The van der Waals surface area contributed by atoms with E-state index in [1.54, 1.807) is 29.2 Å². The van der Waals surface area contributed by atoms with Gasteiger partial charge in [-0.05, 0) is 49.4 Å². The second-order valence-electron chi connectivity index (χ2n) is 11.4. The molecule has 4 atom stereocenters. The van der Waals surface area contributed by atoms with Crippen LogP contribution < -0.4 is 9.64 Å². The van der Waals surface area contributed by atoms with E-state index >= 15 is 4.39 Å². The van der Waals surface area contributed by atoms with Crippen molar-refractivity contribution in [1.29, 1.82) is 5.26 Å². The molecule has 3 aliphatic rings. The smallest absolute Gasteiger partial charge is 0.318 e. The van der Waals surface area contributed by atoms with Gasteiger partial charge in [0.25, 0.3) is 0 Å². The van der Waals surface area contributed by atoms with Crippen molar-refractivity contribution in [1.82, 2.24) is 19.9 Å². The van der Waals surface area contributed by atoms with Crippen molar-refractivity contribution < 1.29 is 23.0 Å². The number of phenolic OH excluding ortho intramolecular Hbond substituents is 1. The van der Waals surface area contributed by atoms with Gasteiger partial charge >= 0.3 is 6.01 Å². The third-order valence-corrected chi connectivity index (χ3v) is 8.67. The summed E-state index contributed by atoms with van der Waals surface area (Å²) in [5.74, 6) is 1.57. The quantitative estimate of drug-likeness (QED) is 0.304. The summed E-state index contributed by atoms with van der Waals surface area (Å²) in [7, 11) is 1.35. The summed E-state index contributed by atoms with van der Waals surface area (Å²) >= 11 is 0. The van der Waals surface area contributed by atoms with Crippen LogP contribution in [0.5, 0.6) is 11.8 Å². The average Bonchev–Trinajstić information content (AvgIpc) is 3.71. The number of pyridine rings is 1. The first-order valence-electron chi connectivity index (χ1n) is 14.6. The van der Waals surface area contributed by atoms with Crippen LogP contribution in [-0.4, -0.2) is 76.6 Å². The second-order valence-corrected chi connectivity index (χ2v) is 11.4. The number of aromatic nitrogens is 3. The first-order chi connectivity index (χ1) is 21.3. The van der Waals surface area contributed by atoms with Crippen molar-refractivity contribution >= 4 is 27.5 Å². The van der Waals surface area contributed by atoms with Gasteiger partial charge in [-0.1, -0.05) is 18.1 Å². The number of nitrogens with zero attached hydrogens (tertiary/aromatic N) is 6. The van der Waals surface area contributed by atoms with Crippen molar-refractivity contribution in [2.75, 3.05) is 38.2 Å². The summed E-state index contributed by atoms with van der Waals surface area (Å²) in [5, 5.41) is 20.8. The predicted molar refractivity (Wildman–Crippen MR) is 161 cm³/mol. The summed E-state index contributed by atoms with van der Waals surface area (Å²) in [4.78, 5) is 16.8. The van der Waals surface area contributed by atoms with Crippen LogP contribution >= 0.6 is 0 Å². The predicted octanol–water partition coefficient (Wildman–Crippen LogP) is 5.56. The Balaban J connectivity index is 0.000000323. The van der Waals surface area contributed by atoms with E-state index in [4.69, 9.17) is 16.4 Å². The fourth-order valence-corrected chi connectivity index (χ4v) is 6.60. The highest BCUT2D eigenvalue weighted by Crippen LogP contribution is 2.39. The zero-order valence-corrected chi connectivity index (χ0v) is 24.2. The van der Waals surface area contributed by atoms with E-state index in [9.17, 15) is 13.9 Å². The number of benzene rings is 2. The van der Waals surface area contributed by atoms with Gasteiger partial charge in [0.1, 0.15) is 35.1 Å². The lowest BCUT2D eigenvalue weighted by molar-refractivity contribution is 0.287. The molecule has 44 heavy (non-hydrogen) atoms.